The number of aryl methyl sites for hydroxylation is 2. The fourth-order valence-corrected chi connectivity index (χ4v) is 3.65. The molecule has 1 heterocycles. The molecule has 2 N–H and O–H groups in total. The Labute approximate surface area is 135 Å². The van der Waals surface area contributed by atoms with Gasteiger partial charge in [0.2, 0.25) is 15.9 Å². The van der Waals surface area contributed by atoms with Crippen molar-refractivity contribution < 1.29 is 13.2 Å². The van der Waals surface area contributed by atoms with E-state index in [-0.39, 0.29) is 17.3 Å². The number of carbonyl (C=O) groups is 1. The van der Waals surface area contributed by atoms with Gasteiger partial charge >= 0.3 is 0 Å². The van der Waals surface area contributed by atoms with Gasteiger partial charge in [0, 0.05) is 18.7 Å². The molecule has 3 rings (SSSR count). The standard InChI is InChI=1S/C17H18N2O3S/c1-12-4-2-3-5-14(12)11-18-23(21,22)15-7-8-16-13(10-15)6-9-17(20)19-16/h2-5,7-8,10,18H,6,9,11H2,1H3,(H,19,20). The van der Waals surface area contributed by atoms with Gasteiger partial charge in [0.25, 0.3) is 0 Å². The molecule has 1 aliphatic heterocycles. The summed E-state index contributed by atoms with van der Waals surface area (Å²) in [4.78, 5) is 11.6. The number of benzene rings is 2. The largest absolute Gasteiger partial charge is 0.326 e. The molecular formula is C17H18N2O3S. The summed E-state index contributed by atoms with van der Waals surface area (Å²) >= 11 is 0. The molecule has 23 heavy (non-hydrogen) atoms. The van der Waals surface area contributed by atoms with Crippen molar-refractivity contribution in [3.63, 3.8) is 0 Å². The van der Waals surface area contributed by atoms with E-state index in [9.17, 15) is 13.2 Å². The zero-order valence-corrected chi connectivity index (χ0v) is 13.6. The van der Waals surface area contributed by atoms with E-state index in [1.165, 1.54) is 6.07 Å². The van der Waals surface area contributed by atoms with Gasteiger partial charge in [-0.15, -0.1) is 0 Å². The van der Waals surface area contributed by atoms with E-state index in [4.69, 9.17) is 0 Å². The highest BCUT2D eigenvalue weighted by Gasteiger charge is 2.19. The molecule has 1 aliphatic rings. The third-order valence-electron chi connectivity index (χ3n) is 4.00. The van der Waals surface area contributed by atoms with Gasteiger partial charge < -0.3 is 5.32 Å². The maximum Gasteiger partial charge on any atom is 0.240 e. The maximum absolute atomic E-state index is 12.5. The van der Waals surface area contributed by atoms with Crippen LogP contribution in [0.4, 0.5) is 5.69 Å². The second-order valence-corrected chi connectivity index (χ2v) is 7.39. The van der Waals surface area contributed by atoms with Crippen LogP contribution in [0.1, 0.15) is 23.1 Å². The summed E-state index contributed by atoms with van der Waals surface area (Å²) in [5.41, 5.74) is 3.53. The van der Waals surface area contributed by atoms with Crippen LogP contribution in [0.3, 0.4) is 0 Å². The Hall–Kier alpha value is -2.18. The minimum atomic E-state index is -3.58. The predicted octanol–water partition coefficient (Wildman–Crippen LogP) is 2.36. The van der Waals surface area contributed by atoms with Crippen LogP contribution in [0, 0.1) is 6.92 Å². The van der Waals surface area contributed by atoms with E-state index >= 15 is 0 Å². The monoisotopic (exact) mass is 330 g/mol. The van der Waals surface area contributed by atoms with Crippen molar-refractivity contribution in [3.8, 4) is 0 Å². The number of nitrogens with one attached hydrogen (secondary N) is 2. The number of carbonyl (C=O) groups excluding carboxylic acids is 1. The Bertz CT molecular complexity index is 860. The Morgan fingerprint density at radius 1 is 1.13 bits per heavy atom. The summed E-state index contributed by atoms with van der Waals surface area (Å²) in [6, 6.07) is 12.5. The number of hydrogen-bond donors (Lipinski definition) is 2. The highest BCUT2D eigenvalue weighted by Crippen LogP contribution is 2.25. The molecule has 0 saturated carbocycles. The van der Waals surface area contributed by atoms with Gasteiger partial charge in [-0.3, -0.25) is 4.79 Å². The molecule has 1 amide bonds. The average Bonchev–Trinajstić information content (AvgIpc) is 2.53. The third-order valence-corrected chi connectivity index (χ3v) is 5.40. The summed E-state index contributed by atoms with van der Waals surface area (Å²) in [7, 11) is -3.58. The van der Waals surface area contributed by atoms with Crippen LogP contribution in [0.5, 0.6) is 0 Å². The molecule has 2 aromatic rings. The van der Waals surface area contributed by atoms with Crippen LogP contribution in [-0.4, -0.2) is 14.3 Å². The van der Waals surface area contributed by atoms with Gasteiger partial charge in [-0.05, 0) is 48.2 Å². The molecule has 0 saturated heterocycles. The summed E-state index contributed by atoms with van der Waals surface area (Å²) in [6.45, 7) is 2.20. The first-order valence-electron chi connectivity index (χ1n) is 7.43. The zero-order chi connectivity index (χ0) is 16.4. The Morgan fingerprint density at radius 3 is 2.70 bits per heavy atom. The number of anilines is 1. The minimum absolute atomic E-state index is 0.0363. The molecule has 0 bridgehead atoms. The van der Waals surface area contributed by atoms with E-state index in [2.05, 4.69) is 10.0 Å². The van der Waals surface area contributed by atoms with Crippen molar-refractivity contribution >= 4 is 21.6 Å². The zero-order valence-electron chi connectivity index (χ0n) is 12.8. The van der Waals surface area contributed by atoms with Crippen molar-refractivity contribution in [2.45, 2.75) is 31.2 Å². The predicted molar refractivity (Wildman–Crippen MR) is 88.6 cm³/mol. The number of amides is 1. The van der Waals surface area contributed by atoms with Gasteiger partial charge in [0.15, 0.2) is 0 Å². The fourth-order valence-electron chi connectivity index (χ4n) is 2.59. The normalized spacial score (nSPS) is 14.2. The van der Waals surface area contributed by atoms with Gasteiger partial charge in [-0.2, -0.15) is 0 Å². The van der Waals surface area contributed by atoms with E-state index < -0.39 is 10.0 Å². The Morgan fingerprint density at radius 2 is 1.91 bits per heavy atom. The molecule has 0 spiro atoms. The lowest BCUT2D eigenvalue weighted by atomic mass is 10.0. The first-order chi connectivity index (χ1) is 11.0. The highest BCUT2D eigenvalue weighted by atomic mass is 32.2. The number of rotatable bonds is 4. The van der Waals surface area contributed by atoms with Crippen molar-refractivity contribution in [3.05, 3.63) is 59.2 Å². The third kappa shape index (κ3) is 3.43. The summed E-state index contributed by atoms with van der Waals surface area (Å²) in [5, 5.41) is 2.75. The molecule has 0 aromatic heterocycles. The molecule has 6 heteroatoms. The number of hydrogen-bond acceptors (Lipinski definition) is 3. The van der Waals surface area contributed by atoms with E-state index in [1.807, 2.05) is 31.2 Å². The summed E-state index contributed by atoms with van der Waals surface area (Å²) in [6.07, 6.45) is 0.940. The molecule has 0 unspecified atom stereocenters. The van der Waals surface area contributed by atoms with E-state index in [0.717, 1.165) is 16.7 Å². The van der Waals surface area contributed by atoms with Crippen LogP contribution >= 0.6 is 0 Å². The number of fused-ring (bicyclic) bond motifs is 1. The van der Waals surface area contributed by atoms with Crippen molar-refractivity contribution in [2.75, 3.05) is 5.32 Å². The molecule has 5 nitrogen and oxygen atoms in total. The quantitative estimate of drug-likeness (QED) is 0.903. The topological polar surface area (TPSA) is 75.3 Å². The van der Waals surface area contributed by atoms with Gasteiger partial charge in [-0.1, -0.05) is 24.3 Å². The fraction of sp³-hybridized carbons (Fsp3) is 0.235. The lowest BCUT2D eigenvalue weighted by Crippen LogP contribution is -2.24. The van der Waals surface area contributed by atoms with Crippen LogP contribution in [0.2, 0.25) is 0 Å². The van der Waals surface area contributed by atoms with E-state index in [0.29, 0.717) is 18.5 Å². The van der Waals surface area contributed by atoms with Crippen LogP contribution in [0.15, 0.2) is 47.4 Å². The summed E-state index contributed by atoms with van der Waals surface area (Å²) < 4.78 is 27.6. The SMILES string of the molecule is Cc1ccccc1CNS(=O)(=O)c1ccc2c(c1)CCC(=O)N2. The molecule has 0 atom stereocenters. The van der Waals surface area contributed by atoms with Crippen molar-refractivity contribution in [2.24, 2.45) is 0 Å². The van der Waals surface area contributed by atoms with Crippen LogP contribution < -0.4 is 10.0 Å². The molecule has 0 radical (unpaired) electrons. The van der Waals surface area contributed by atoms with Crippen molar-refractivity contribution in [1.82, 2.24) is 4.72 Å². The second-order valence-electron chi connectivity index (χ2n) is 5.62. The van der Waals surface area contributed by atoms with Gasteiger partial charge in [-0.25, -0.2) is 13.1 Å². The van der Waals surface area contributed by atoms with Gasteiger partial charge in [0.05, 0.1) is 4.90 Å². The molecule has 2 aromatic carbocycles. The minimum Gasteiger partial charge on any atom is -0.326 e. The highest BCUT2D eigenvalue weighted by molar-refractivity contribution is 7.89. The summed E-state index contributed by atoms with van der Waals surface area (Å²) in [5.74, 6) is -0.0363. The second kappa shape index (κ2) is 6.14. The molecule has 120 valence electrons. The van der Waals surface area contributed by atoms with Gasteiger partial charge in [0.1, 0.15) is 0 Å². The molecule has 0 aliphatic carbocycles. The maximum atomic E-state index is 12.5. The van der Waals surface area contributed by atoms with Crippen molar-refractivity contribution in [1.29, 1.82) is 0 Å². The van der Waals surface area contributed by atoms with E-state index in [1.54, 1.807) is 12.1 Å². The smallest absolute Gasteiger partial charge is 0.240 e. The van der Waals surface area contributed by atoms with Crippen LogP contribution in [0.25, 0.3) is 0 Å². The lowest BCUT2D eigenvalue weighted by molar-refractivity contribution is -0.116. The Balaban J connectivity index is 1.80. The Kier molecular flexibility index (Phi) is 4.19. The molecular weight excluding hydrogens is 312 g/mol. The average molecular weight is 330 g/mol. The first kappa shape index (κ1) is 15.7. The number of sulfonamides is 1. The first-order valence-corrected chi connectivity index (χ1v) is 8.91. The molecule has 0 fully saturated rings. The van der Waals surface area contributed by atoms with Crippen LogP contribution in [-0.2, 0) is 27.8 Å². The lowest BCUT2D eigenvalue weighted by Gasteiger charge is -2.17.